The molecule has 0 saturated heterocycles. The SMILES string of the molecule is COc1ccc(-c2cc(CC#N)ccn2)cc1. The lowest BCUT2D eigenvalue weighted by atomic mass is 10.1. The first-order valence-electron chi connectivity index (χ1n) is 5.30. The molecule has 0 spiro atoms. The Bertz CT molecular complexity index is 541. The van der Waals surface area contributed by atoms with E-state index in [-0.39, 0.29) is 0 Å². The van der Waals surface area contributed by atoms with Crippen molar-refractivity contribution in [2.75, 3.05) is 7.11 Å². The number of ether oxygens (including phenoxy) is 1. The first-order chi connectivity index (χ1) is 8.33. The van der Waals surface area contributed by atoms with E-state index in [1.54, 1.807) is 13.3 Å². The summed E-state index contributed by atoms with van der Waals surface area (Å²) in [5.41, 5.74) is 2.87. The predicted octanol–water partition coefficient (Wildman–Crippen LogP) is 2.82. The fourth-order valence-electron chi connectivity index (χ4n) is 1.60. The summed E-state index contributed by atoms with van der Waals surface area (Å²) in [6, 6.07) is 13.6. The summed E-state index contributed by atoms with van der Waals surface area (Å²) in [5, 5.41) is 8.66. The molecule has 0 amide bonds. The van der Waals surface area contributed by atoms with Crippen molar-refractivity contribution in [2.24, 2.45) is 0 Å². The highest BCUT2D eigenvalue weighted by Gasteiger charge is 2.01. The second kappa shape index (κ2) is 5.13. The van der Waals surface area contributed by atoms with E-state index in [0.29, 0.717) is 6.42 Å². The summed E-state index contributed by atoms with van der Waals surface area (Å²) >= 11 is 0. The first-order valence-corrected chi connectivity index (χ1v) is 5.30. The minimum absolute atomic E-state index is 0.408. The molecule has 0 bridgehead atoms. The van der Waals surface area contributed by atoms with Gasteiger partial charge >= 0.3 is 0 Å². The summed E-state index contributed by atoms with van der Waals surface area (Å²) in [6.45, 7) is 0. The maximum absolute atomic E-state index is 8.66. The van der Waals surface area contributed by atoms with Crippen LogP contribution in [0.25, 0.3) is 11.3 Å². The highest BCUT2D eigenvalue weighted by atomic mass is 16.5. The van der Waals surface area contributed by atoms with Crippen LogP contribution in [0.2, 0.25) is 0 Å². The van der Waals surface area contributed by atoms with E-state index in [4.69, 9.17) is 10.00 Å². The molecule has 1 aromatic heterocycles. The van der Waals surface area contributed by atoms with Crippen LogP contribution in [0.4, 0.5) is 0 Å². The molecule has 0 aliphatic carbocycles. The third-order valence-electron chi connectivity index (χ3n) is 2.49. The van der Waals surface area contributed by atoms with E-state index >= 15 is 0 Å². The molecule has 2 aromatic rings. The zero-order valence-corrected chi connectivity index (χ0v) is 9.55. The standard InChI is InChI=1S/C14H12N2O/c1-17-13-4-2-12(3-5-13)14-10-11(6-8-15)7-9-16-14/h2-5,7,9-10H,6H2,1H3. The molecule has 0 aliphatic heterocycles. The number of nitriles is 1. The molecule has 0 fully saturated rings. The molecule has 1 heterocycles. The van der Waals surface area contributed by atoms with Crippen molar-refractivity contribution >= 4 is 0 Å². The van der Waals surface area contributed by atoms with Crippen LogP contribution in [-0.2, 0) is 6.42 Å². The fourth-order valence-corrected chi connectivity index (χ4v) is 1.60. The lowest BCUT2D eigenvalue weighted by Gasteiger charge is -2.04. The Morgan fingerprint density at radius 2 is 2.00 bits per heavy atom. The van der Waals surface area contributed by atoms with Crippen molar-refractivity contribution in [3.8, 4) is 23.1 Å². The number of hydrogen-bond donors (Lipinski definition) is 0. The fraction of sp³-hybridized carbons (Fsp3) is 0.143. The number of nitrogens with zero attached hydrogens (tertiary/aromatic N) is 2. The van der Waals surface area contributed by atoms with Gasteiger partial charge in [0.1, 0.15) is 5.75 Å². The first kappa shape index (κ1) is 11.2. The van der Waals surface area contributed by atoms with E-state index in [1.807, 2.05) is 36.4 Å². The smallest absolute Gasteiger partial charge is 0.118 e. The second-order valence-electron chi connectivity index (χ2n) is 3.61. The molecular weight excluding hydrogens is 212 g/mol. The van der Waals surface area contributed by atoms with Gasteiger partial charge in [-0.15, -0.1) is 0 Å². The van der Waals surface area contributed by atoms with Crippen molar-refractivity contribution in [1.29, 1.82) is 5.26 Å². The number of methoxy groups -OCH3 is 1. The van der Waals surface area contributed by atoms with Gasteiger partial charge in [-0.3, -0.25) is 4.98 Å². The third kappa shape index (κ3) is 2.61. The zero-order valence-electron chi connectivity index (χ0n) is 9.55. The zero-order chi connectivity index (χ0) is 12.1. The van der Waals surface area contributed by atoms with E-state index in [9.17, 15) is 0 Å². The van der Waals surface area contributed by atoms with Crippen LogP contribution in [0.15, 0.2) is 42.6 Å². The quantitative estimate of drug-likeness (QED) is 0.805. The average Bonchev–Trinajstić information content (AvgIpc) is 2.40. The number of benzene rings is 1. The van der Waals surface area contributed by atoms with Crippen molar-refractivity contribution < 1.29 is 4.74 Å². The topological polar surface area (TPSA) is 45.9 Å². The molecule has 17 heavy (non-hydrogen) atoms. The molecule has 3 heteroatoms. The van der Waals surface area contributed by atoms with Crippen molar-refractivity contribution in [3.63, 3.8) is 0 Å². The maximum atomic E-state index is 8.66. The second-order valence-corrected chi connectivity index (χ2v) is 3.61. The lowest BCUT2D eigenvalue weighted by Crippen LogP contribution is -1.88. The van der Waals surface area contributed by atoms with Crippen LogP contribution in [0.5, 0.6) is 5.75 Å². The average molecular weight is 224 g/mol. The van der Waals surface area contributed by atoms with Gasteiger partial charge in [0, 0.05) is 11.8 Å². The molecule has 0 saturated carbocycles. The van der Waals surface area contributed by atoms with Gasteiger partial charge in [0.2, 0.25) is 0 Å². The summed E-state index contributed by atoms with van der Waals surface area (Å²) in [7, 11) is 1.64. The van der Waals surface area contributed by atoms with E-state index in [1.165, 1.54) is 0 Å². The Balaban J connectivity index is 2.32. The third-order valence-corrected chi connectivity index (χ3v) is 2.49. The largest absolute Gasteiger partial charge is 0.497 e. The van der Waals surface area contributed by atoms with Crippen molar-refractivity contribution in [3.05, 3.63) is 48.2 Å². The normalized spacial score (nSPS) is 9.65. The Morgan fingerprint density at radius 1 is 1.24 bits per heavy atom. The number of aromatic nitrogens is 1. The van der Waals surface area contributed by atoms with Crippen LogP contribution in [-0.4, -0.2) is 12.1 Å². The van der Waals surface area contributed by atoms with Crippen molar-refractivity contribution in [1.82, 2.24) is 4.98 Å². The number of hydrogen-bond acceptors (Lipinski definition) is 3. The molecular formula is C14H12N2O. The van der Waals surface area contributed by atoms with Crippen LogP contribution < -0.4 is 4.74 Å². The molecule has 2 rings (SSSR count). The van der Waals surface area contributed by atoms with E-state index in [2.05, 4.69) is 11.1 Å². The number of rotatable bonds is 3. The molecule has 0 radical (unpaired) electrons. The summed E-state index contributed by atoms with van der Waals surface area (Å²) in [4.78, 5) is 4.30. The maximum Gasteiger partial charge on any atom is 0.118 e. The monoisotopic (exact) mass is 224 g/mol. The van der Waals surface area contributed by atoms with Crippen molar-refractivity contribution in [2.45, 2.75) is 6.42 Å². The predicted molar refractivity (Wildman–Crippen MR) is 65.5 cm³/mol. The molecule has 0 aliphatic rings. The van der Waals surface area contributed by atoms with Gasteiger partial charge in [0.25, 0.3) is 0 Å². The molecule has 0 atom stereocenters. The number of pyridine rings is 1. The van der Waals surface area contributed by atoms with E-state index < -0.39 is 0 Å². The Morgan fingerprint density at radius 3 is 2.65 bits per heavy atom. The Hall–Kier alpha value is -2.34. The van der Waals surface area contributed by atoms with Gasteiger partial charge in [-0.1, -0.05) is 0 Å². The molecule has 0 unspecified atom stereocenters. The summed E-state index contributed by atoms with van der Waals surface area (Å²) < 4.78 is 5.10. The van der Waals surface area contributed by atoms with Crippen LogP contribution >= 0.6 is 0 Å². The molecule has 1 aromatic carbocycles. The summed E-state index contributed by atoms with van der Waals surface area (Å²) in [5.74, 6) is 0.821. The van der Waals surface area contributed by atoms with Gasteiger partial charge in [-0.2, -0.15) is 5.26 Å². The lowest BCUT2D eigenvalue weighted by molar-refractivity contribution is 0.415. The highest BCUT2D eigenvalue weighted by Crippen LogP contribution is 2.21. The van der Waals surface area contributed by atoms with Gasteiger partial charge in [0.05, 0.1) is 25.3 Å². The Kier molecular flexibility index (Phi) is 3.37. The van der Waals surface area contributed by atoms with Crippen LogP contribution in [0.1, 0.15) is 5.56 Å². The Labute approximate surface area is 100 Å². The van der Waals surface area contributed by atoms with Gasteiger partial charge in [-0.05, 0) is 42.0 Å². The molecule has 3 nitrogen and oxygen atoms in total. The van der Waals surface area contributed by atoms with Gasteiger partial charge < -0.3 is 4.74 Å². The van der Waals surface area contributed by atoms with Crippen LogP contribution in [0.3, 0.4) is 0 Å². The minimum atomic E-state index is 0.408. The van der Waals surface area contributed by atoms with Crippen LogP contribution in [0, 0.1) is 11.3 Å². The van der Waals surface area contributed by atoms with Gasteiger partial charge in [-0.25, -0.2) is 0 Å². The van der Waals surface area contributed by atoms with E-state index in [0.717, 1.165) is 22.6 Å². The minimum Gasteiger partial charge on any atom is -0.497 e. The highest BCUT2D eigenvalue weighted by molar-refractivity contribution is 5.60. The summed E-state index contributed by atoms with van der Waals surface area (Å²) in [6.07, 6.45) is 2.14. The van der Waals surface area contributed by atoms with Gasteiger partial charge in [0.15, 0.2) is 0 Å². The molecule has 0 N–H and O–H groups in total. The molecule has 84 valence electrons.